The van der Waals surface area contributed by atoms with Gasteiger partial charge in [-0.15, -0.1) is 11.3 Å². The smallest absolute Gasteiger partial charge is 0.192 e. The topological polar surface area (TPSA) is 81.5 Å². The fraction of sp³-hybridized carbons (Fsp3) is 0.0909. The highest BCUT2D eigenvalue weighted by Gasteiger charge is 2.24. The first-order chi connectivity index (χ1) is 15.7. The van der Waals surface area contributed by atoms with E-state index < -0.39 is 11.6 Å². The Morgan fingerprint density at radius 3 is 2.88 bits per heavy atom. The Morgan fingerprint density at radius 1 is 1.09 bits per heavy atom. The Labute approximate surface area is 184 Å². The van der Waals surface area contributed by atoms with Crippen molar-refractivity contribution in [3.63, 3.8) is 0 Å². The minimum absolute atomic E-state index is 0.109. The highest BCUT2D eigenvalue weighted by atomic mass is 32.1. The molecule has 0 fully saturated rings. The summed E-state index contributed by atoms with van der Waals surface area (Å²) in [6, 6.07) is 9.30. The number of aromatic amines is 1. The lowest BCUT2D eigenvalue weighted by Gasteiger charge is -2.09. The predicted octanol–water partition coefficient (Wildman–Crippen LogP) is 4.66. The molecule has 3 aromatic heterocycles. The standard InChI is InChI=1S/C22H14F2N6OS/c23-14-2-4-17(16(24)8-14)30-21(25-11-28-30)22-29-20-15-3-1-12(13-9-26-27-10-13)7-18(15)31-6-5-19(20)32-22/h1-4,7-11H,5-6H2,(H,26,27). The number of hydrogen-bond acceptors (Lipinski definition) is 6. The van der Waals surface area contributed by atoms with Crippen LogP contribution in [0.4, 0.5) is 8.78 Å². The molecular weight excluding hydrogens is 434 g/mol. The van der Waals surface area contributed by atoms with E-state index in [0.717, 1.165) is 39.1 Å². The summed E-state index contributed by atoms with van der Waals surface area (Å²) < 4.78 is 35.1. The van der Waals surface area contributed by atoms with Gasteiger partial charge in [0.2, 0.25) is 0 Å². The SMILES string of the molecule is Fc1ccc(-n2ncnc2-c2nc3c(s2)CCOc2cc(-c4cn[nH]c4)ccc2-3)c(F)c1. The van der Waals surface area contributed by atoms with Crippen LogP contribution in [0.15, 0.2) is 55.1 Å². The molecule has 5 aromatic rings. The number of H-pyrrole nitrogens is 1. The highest BCUT2D eigenvalue weighted by Crippen LogP contribution is 2.41. The number of nitrogens with one attached hydrogen (secondary N) is 1. The molecule has 1 aliphatic rings. The summed E-state index contributed by atoms with van der Waals surface area (Å²) in [5.41, 5.74) is 3.76. The molecule has 0 saturated carbocycles. The van der Waals surface area contributed by atoms with Gasteiger partial charge in [0.05, 0.1) is 18.5 Å². The van der Waals surface area contributed by atoms with Gasteiger partial charge < -0.3 is 4.74 Å². The number of hydrogen-bond donors (Lipinski definition) is 1. The van der Waals surface area contributed by atoms with Crippen molar-refractivity contribution in [2.45, 2.75) is 6.42 Å². The lowest BCUT2D eigenvalue weighted by Crippen LogP contribution is -2.03. The molecule has 4 heterocycles. The van der Waals surface area contributed by atoms with Crippen LogP contribution in [0, 0.1) is 11.6 Å². The molecule has 158 valence electrons. The molecule has 0 atom stereocenters. The molecule has 0 spiro atoms. The zero-order chi connectivity index (χ0) is 21.7. The second kappa shape index (κ2) is 7.34. The van der Waals surface area contributed by atoms with Crippen LogP contribution in [0.1, 0.15) is 4.88 Å². The molecule has 0 saturated heterocycles. The zero-order valence-corrected chi connectivity index (χ0v) is 17.2. The molecule has 0 aliphatic carbocycles. The van der Waals surface area contributed by atoms with Crippen LogP contribution < -0.4 is 4.74 Å². The number of rotatable bonds is 3. The minimum atomic E-state index is -0.722. The monoisotopic (exact) mass is 448 g/mol. The molecular formula is C22H14F2N6OS. The van der Waals surface area contributed by atoms with E-state index in [4.69, 9.17) is 9.72 Å². The first kappa shape index (κ1) is 18.8. The first-order valence-corrected chi connectivity index (χ1v) is 10.6. The van der Waals surface area contributed by atoms with Gasteiger partial charge >= 0.3 is 0 Å². The third kappa shape index (κ3) is 3.07. The number of benzene rings is 2. The van der Waals surface area contributed by atoms with Crippen molar-refractivity contribution in [3.05, 3.63) is 71.6 Å². The quantitative estimate of drug-likeness (QED) is 0.434. The van der Waals surface area contributed by atoms with Crippen molar-refractivity contribution in [1.82, 2.24) is 29.9 Å². The van der Waals surface area contributed by atoms with Gasteiger partial charge in [-0.1, -0.05) is 6.07 Å². The maximum atomic E-state index is 14.4. The largest absolute Gasteiger partial charge is 0.492 e. The van der Waals surface area contributed by atoms with Gasteiger partial charge in [-0.05, 0) is 29.8 Å². The van der Waals surface area contributed by atoms with Crippen molar-refractivity contribution in [1.29, 1.82) is 0 Å². The van der Waals surface area contributed by atoms with Crippen LogP contribution in [-0.4, -0.2) is 36.6 Å². The summed E-state index contributed by atoms with van der Waals surface area (Å²) in [5, 5.41) is 11.6. The van der Waals surface area contributed by atoms with Crippen LogP contribution in [0.5, 0.6) is 5.75 Å². The second-order valence-electron chi connectivity index (χ2n) is 7.18. The average Bonchev–Trinajstić information content (AvgIpc) is 3.53. The number of halogens is 2. The van der Waals surface area contributed by atoms with Crippen molar-refractivity contribution < 1.29 is 13.5 Å². The van der Waals surface area contributed by atoms with Crippen LogP contribution in [-0.2, 0) is 6.42 Å². The van der Waals surface area contributed by atoms with E-state index in [0.29, 0.717) is 23.9 Å². The number of nitrogens with zero attached hydrogens (tertiary/aromatic N) is 5. The fourth-order valence-electron chi connectivity index (χ4n) is 3.72. The molecule has 0 radical (unpaired) electrons. The van der Waals surface area contributed by atoms with Gasteiger partial charge in [0.15, 0.2) is 16.6 Å². The summed E-state index contributed by atoms with van der Waals surface area (Å²) >= 11 is 1.46. The minimum Gasteiger partial charge on any atom is -0.492 e. The second-order valence-corrected chi connectivity index (χ2v) is 8.26. The molecule has 0 amide bonds. The summed E-state index contributed by atoms with van der Waals surface area (Å²) in [4.78, 5) is 10.2. The normalized spacial score (nSPS) is 12.7. The lowest BCUT2D eigenvalue weighted by atomic mass is 10.0. The van der Waals surface area contributed by atoms with Crippen LogP contribution in [0.2, 0.25) is 0 Å². The van der Waals surface area contributed by atoms with Crippen molar-refractivity contribution in [2.75, 3.05) is 6.61 Å². The Bertz CT molecular complexity index is 1440. The van der Waals surface area contributed by atoms with Gasteiger partial charge in [0.1, 0.15) is 23.6 Å². The van der Waals surface area contributed by atoms with Crippen molar-refractivity contribution in [2.24, 2.45) is 0 Å². The molecule has 1 N–H and O–H groups in total. The van der Waals surface area contributed by atoms with Crippen molar-refractivity contribution >= 4 is 11.3 Å². The summed E-state index contributed by atoms with van der Waals surface area (Å²) in [7, 11) is 0. The Balaban J connectivity index is 1.44. The molecule has 32 heavy (non-hydrogen) atoms. The fourth-order valence-corrected chi connectivity index (χ4v) is 4.76. The van der Waals surface area contributed by atoms with Gasteiger partial charge in [0.25, 0.3) is 0 Å². The molecule has 10 heteroatoms. The molecule has 2 aromatic carbocycles. The van der Waals surface area contributed by atoms with Crippen molar-refractivity contribution in [3.8, 4) is 44.7 Å². The van der Waals surface area contributed by atoms with E-state index in [1.165, 1.54) is 34.5 Å². The average molecular weight is 448 g/mol. The Kier molecular flexibility index (Phi) is 4.32. The van der Waals surface area contributed by atoms with E-state index in [-0.39, 0.29) is 5.69 Å². The first-order valence-electron chi connectivity index (χ1n) is 9.79. The number of ether oxygens (including phenoxy) is 1. The van der Waals surface area contributed by atoms with Gasteiger partial charge in [-0.25, -0.2) is 23.4 Å². The third-order valence-electron chi connectivity index (χ3n) is 5.23. The highest BCUT2D eigenvalue weighted by molar-refractivity contribution is 7.15. The summed E-state index contributed by atoms with van der Waals surface area (Å²) in [6.07, 6.45) is 5.60. The molecule has 6 rings (SSSR count). The molecule has 1 aliphatic heterocycles. The zero-order valence-electron chi connectivity index (χ0n) is 16.4. The molecule has 0 unspecified atom stereocenters. The Hall–Kier alpha value is -3.92. The van der Waals surface area contributed by atoms with Crippen LogP contribution >= 0.6 is 11.3 Å². The van der Waals surface area contributed by atoms with E-state index >= 15 is 0 Å². The number of thiazole rings is 1. The molecule has 7 nitrogen and oxygen atoms in total. The molecule has 0 bridgehead atoms. The van der Waals surface area contributed by atoms with Gasteiger partial charge in [-0.3, -0.25) is 5.10 Å². The van der Waals surface area contributed by atoms with Gasteiger partial charge in [-0.2, -0.15) is 10.2 Å². The van der Waals surface area contributed by atoms with E-state index in [2.05, 4.69) is 20.3 Å². The maximum Gasteiger partial charge on any atom is 0.192 e. The maximum absolute atomic E-state index is 14.4. The third-order valence-corrected chi connectivity index (χ3v) is 6.34. The Morgan fingerprint density at radius 2 is 2.03 bits per heavy atom. The summed E-state index contributed by atoms with van der Waals surface area (Å²) in [5.74, 6) is -0.239. The number of fused-ring (bicyclic) bond motifs is 3. The van der Waals surface area contributed by atoms with E-state index in [9.17, 15) is 8.78 Å². The predicted molar refractivity (Wildman–Crippen MR) is 115 cm³/mol. The van der Waals surface area contributed by atoms with Gasteiger partial charge in [0, 0.05) is 34.7 Å². The van der Waals surface area contributed by atoms with E-state index in [1.54, 1.807) is 6.20 Å². The number of aromatic nitrogens is 6. The summed E-state index contributed by atoms with van der Waals surface area (Å²) in [6.45, 7) is 0.510. The van der Waals surface area contributed by atoms with Crippen LogP contribution in [0.25, 0.3) is 38.9 Å². The lowest BCUT2D eigenvalue weighted by molar-refractivity contribution is 0.327. The van der Waals surface area contributed by atoms with Crippen LogP contribution in [0.3, 0.4) is 0 Å². The van der Waals surface area contributed by atoms with E-state index in [1.807, 2.05) is 24.4 Å².